The van der Waals surface area contributed by atoms with Gasteiger partial charge >= 0.3 is 0 Å². The summed E-state index contributed by atoms with van der Waals surface area (Å²) in [5.74, 6) is 0.705. The van der Waals surface area contributed by atoms with Crippen molar-refractivity contribution in [3.05, 3.63) is 83.7 Å². The minimum Gasteiger partial charge on any atom is -0.487 e. The van der Waals surface area contributed by atoms with Crippen molar-refractivity contribution in [3.63, 3.8) is 0 Å². The molecule has 1 aromatic heterocycles. The van der Waals surface area contributed by atoms with Gasteiger partial charge in [-0.2, -0.15) is 5.10 Å². The van der Waals surface area contributed by atoms with Gasteiger partial charge < -0.3 is 15.8 Å². The van der Waals surface area contributed by atoms with Crippen molar-refractivity contribution < 1.29 is 9.53 Å². The molecule has 0 aliphatic rings. The van der Waals surface area contributed by atoms with Crippen molar-refractivity contribution >= 4 is 11.6 Å². The molecule has 0 saturated carbocycles. The average Bonchev–Trinajstić information content (AvgIpc) is 3.12. The molecular formula is C23H26N4O2. The normalized spacial score (nSPS) is 10.6. The van der Waals surface area contributed by atoms with E-state index in [4.69, 9.17) is 10.5 Å². The number of carbonyl (C=O) groups is 1. The standard InChI is InChI=1S/C23H26N4O2/c1-4-12-25-17(3)15-29-20-7-5-6-18(13-20)22(28)21-14-26-27(23(21)24)19-10-8-16(2)9-11-19/h5-11,13-14,25H,3-4,12,15,24H2,1-2H3. The largest absolute Gasteiger partial charge is 0.487 e. The van der Waals surface area contributed by atoms with Gasteiger partial charge in [0, 0.05) is 17.8 Å². The number of ether oxygens (including phenoxy) is 1. The quantitative estimate of drug-likeness (QED) is 0.542. The molecule has 0 spiro atoms. The van der Waals surface area contributed by atoms with E-state index < -0.39 is 0 Å². The highest BCUT2D eigenvalue weighted by Crippen LogP contribution is 2.22. The maximum atomic E-state index is 13.0. The Bertz CT molecular complexity index is 1010. The van der Waals surface area contributed by atoms with Gasteiger partial charge in [0.2, 0.25) is 0 Å². The van der Waals surface area contributed by atoms with Crippen LogP contribution in [0.15, 0.2) is 67.0 Å². The van der Waals surface area contributed by atoms with Gasteiger partial charge in [0.15, 0.2) is 5.78 Å². The molecule has 0 amide bonds. The van der Waals surface area contributed by atoms with Crippen molar-refractivity contribution in [3.8, 4) is 11.4 Å². The van der Waals surface area contributed by atoms with E-state index in [1.807, 2.05) is 37.3 Å². The second-order valence-corrected chi connectivity index (χ2v) is 6.87. The fourth-order valence-corrected chi connectivity index (χ4v) is 2.83. The highest BCUT2D eigenvalue weighted by Gasteiger charge is 2.18. The maximum Gasteiger partial charge on any atom is 0.198 e. The van der Waals surface area contributed by atoms with E-state index in [0.717, 1.165) is 29.9 Å². The maximum absolute atomic E-state index is 13.0. The van der Waals surface area contributed by atoms with Crippen molar-refractivity contribution in [2.75, 3.05) is 18.9 Å². The summed E-state index contributed by atoms with van der Waals surface area (Å²) in [6.45, 7) is 9.22. The summed E-state index contributed by atoms with van der Waals surface area (Å²) in [7, 11) is 0. The summed E-state index contributed by atoms with van der Waals surface area (Å²) < 4.78 is 7.31. The summed E-state index contributed by atoms with van der Waals surface area (Å²) in [5, 5.41) is 7.47. The van der Waals surface area contributed by atoms with E-state index in [9.17, 15) is 4.79 Å². The number of hydrogen-bond acceptors (Lipinski definition) is 5. The van der Waals surface area contributed by atoms with Gasteiger partial charge in [0.25, 0.3) is 0 Å². The number of hydrogen-bond donors (Lipinski definition) is 2. The summed E-state index contributed by atoms with van der Waals surface area (Å²) in [5.41, 5.74) is 9.82. The number of aryl methyl sites for hydroxylation is 1. The van der Waals surface area contributed by atoms with Crippen molar-refractivity contribution in [2.45, 2.75) is 20.3 Å². The van der Waals surface area contributed by atoms with Crippen LogP contribution in [0.2, 0.25) is 0 Å². The first kappa shape index (κ1) is 20.2. The molecule has 0 saturated heterocycles. The summed E-state index contributed by atoms with van der Waals surface area (Å²) in [4.78, 5) is 13.0. The third-order valence-corrected chi connectivity index (χ3v) is 4.46. The highest BCUT2D eigenvalue weighted by atomic mass is 16.5. The topological polar surface area (TPSA) is 82.2 Å². The molecule has 3 aromatic rings. The Labute approximate surface area is 171 Å². The second-order valence-electron chi connectivity index (χ2n) is 6.87. The molecule has 6 nitrogen and oxygen atoms in total. The van der Waals surface area contributed by atoms with Crippen molar-refractivity contribution in [2.24, 2.45) is 0 Å². The number of carbonyl (C=O) groups excluding carboxylic acids is 1. The van der Waals surface area contributed by atoms with Crippen molar-refractivity contribution in [1.29, 1.82) is 0 Å². The van der Waals surface area contributed by atoms with Crippen LogP contribution in [0.25, 0.3) is 5.69 Å². The summed E-state index contributed by atoms with van der Waals surface area (Å²) in [6.07, 6.45) is 2.52. The van der Waals surface area contributed by atoms with Crippen LogP contribution in [0, 0.1) is 6.92 Å². The van der Waals surface area contributed by atoms with Gasteiger partial charge in [-0.05, 0) is 37.6 Å². The molecule has 6 heteroatoms. The Balaban J connectivity index is 1.75. The molecule has 3 N–H and O–H groups in total. The zero-order valence-corrected chi connectivity index (χ0v) is 16.8. The minimum atomic E-state index is -0.200. The van der Waals surface area contributed by atoms with Crippen LogP contribution in [-0.2, 0) is 0 Å². The van der Waals surface area contributed by atoms with Crippen LogP contribution in [-0.4, -0.2) is 28.7 Å². The van der Waals surface area contributed by atoms with Gasteiger partial charge in [-0.3, -0.25) is 4.79 Å². The Kier molecular flexibility index (Phi) is 6.34. The molecule has 1 heterocycles. The summed E-state index contributed by atoms with van der Waals surface area (Å²) >= 11 is 0. The van der Waals surface area contributed by atoms with Crippen LogP contribution < -0.4 is 15.8 Å². The molecule has 0 aliphatic carbocycles. The number of nitrogens with one attached hydrogen (secondary N) is 1. The number of nitrogen functional groups attached to an aromatic ring is 1. The van der Waals surface area contributed by atoms with E-state index in [0.29, 0.717) is 29.3 Å². The van der Waals surface area contributed by atoms with Gasteiger partial charge in [0.05, 0.1) is 17.4 Å². The molecule has 3 rings (SSSR count). The molecule has 0 aliphatic heterocycles. The number of nitrogens with zero attached hydrogens (tertiary/aromatic N) is 2. The molecule has 0 bridgehead atoms. The van der Waals surface area contributed by atoms with Crippen LogP contribution in [0.5, 0.6) is 5.75 Å². The van der Waals surface area contributed by atoms with Crippen LogP contribution in [0.3, 0.4) is 0 Å². The van der Waals surface area contributed by atoms with Crippen molar-refractivity contribution in [1.82, 2.24) is 15.1 Å². The Morgan fingerprint density at radius 2 is 2.00 bits per heavy atom. The van der Waals surface area contributed by atoms with Crippen LogP contribution in [0.4, 0.5) is 5.82 Å². The van der Waals surface area contributed by atoms with Gasteiger partial charge in [-0.25, -0.2) is 4.68 Å². The van der Waals surface area contributed by atoms with E-state index >= 15 is 0 Å². The number of anilines is 1. The molecule has 29 heavy (non-hydrogen) atoms. The van der Waals surface area contributed by atoms with Gasteiger partial charge in [-0.15, -0.1) is 0 Å². The minimum absolute atomic E-state index is 0.200. The Hall–Kier alpha value is -3.54. The van der Waals surface area contributed by atoms with E-state index in [1.165, 1.54) is 6.20 Å². The number of rotatable bonds is 9. The lowest BCUT2D eigenvalue weighted by Crippen LogP contribution is -2.18. The number of nitrogens with two attached hydrogens (primary N) is 1. The second kappa shape index (κ2) is 9.10. The molecule has 150 valence electrons. The number of benzene rings is 2. The first-order valence-corrected chi connectivity index (χ1v) is 9.59. The number of aromatic nitrogens is 2. The van der Waals surface area contributed by atoms with E-state index in [-0.39, 0.29) is 5.78 Å². The Morgan fingerprint density at radius 3 is 2.72 bits per heavy atom. The molecule has 0 radical (unpaired) electrons. The Morgan fingerprint density at radius 1 is 1.24 bits per heavy atom. The molecule has 2 aromatic carbocycles. The third-order valence-electron chi connectivity index (χ3n) is 4.46. The predicted octanol–water partition coefficient (Wildman–Crippen LogP) is 3.89. The fraction of sp³-hybridized carbons (Fsp3) is 0.217. The SMILES string of the molecule is C=C(COc1cccc(C(=O)c2cnn(-c3ccc(C)cc3)c2N)c1)NCCC. The van der Waals surface area contributed by atoms with E-state index in [2.05, 4.69) is 23.9 Å². The monoisotopic (exact) mass is 390 g/mol. The smallest absolute Gasteiger partial charge is 0.198 e. The third kappa shape index (κ3) is 4.85. The first-order chi connectivity index (χ1) is 14.0. The van der Waals surface area contributed by atoms with Crippen LogP contribution >= 0.6 is 0 Å². The van der Waals surface area contributed by atoms with E-state index in [1.54, 1.807) is 22.9 Å². The highest BCUT2D eigenvalue weighted by molar-refractivity contribution is 6.11. The molecule has 0 fully saturated rings. The molecule has 0 atom stereocenters. The zero-order valence-electron chi connectivity index (χ0n) is 16.8. The average molecular weight is 390 g/mol. The first-order valence-electron chi connectivity index (χ1n) is 9.59. The summed E-state index contributed by atoms with van der Waals surface area (Å²) in [6, 6.07) is 14.8. The lowest BCUT2D eigenvalue weighted by atomic mass is 10.1. The lowest BCUT2D eigenvalue weighted by molar-refractivity contribution is 0.103. The zero-order chi connectivity index (χ0) is 20.8. The van der Waals surface area contributed by atoms with Crippen LogP contribution in [0.1, 0.15) is 34.8 Å². The van der Waals surface area contributed by atoms with Gasteiger partial charge in [0.1, 0.15) is 18.2 Å². The number of ketones is 1. The molecule has 0 unspecified atom stereocenters. The predicted molar refractivity (Wildman–Crippen MR) is 116 cm³/mol. The lowest BCUT2D eigenvalue weighted by Gasteiger charge is -2.11. The fourth-order valence-electron chi connectivity index (χ4n) is 2.83. The molecular weight excluding hydrogens is 364 g/mol. The van der Waals surface area contributed by atoms with Gasteiger partial charge in [-0.1, -0.05) is 43.3 Å².